The summed E-state index contributed by atoms with van der Waals surface area (Å²) in [5, 5.41) is 9.97. The molecule has 1 unspecified atom stereocenters. The van der Waals surface area contributed by atoms with E-state index >= 15 is 0 Å². The highest BCUT2D eigenvalue weighted by Gasteiger charge is 2.20. The van der Waals surface area contributed by atoms with E-state index in [1.807, 2.05) is 45.9 Å². The summed E-state index contributed by atoms with van der Waals surface area (Å²) in [7, 11) is 0. The monoisotopic (exact) mass is 290 g/mol. The van der Waals surface area contributed by atoms with Gasteiger partial charge in [-0.1, -0.05) is 76.8 Å². The molecule has 0 saturated carbocycles. The highest BCUT2D eigenvalue weighted by Crippen LogP contribution is 2.17. The topological polar surface area (TPSA) is 37.3 Å². The van der Waals surface area contributed by atoms with E-state index in [1.54, 1.807) is 31.2 Å². The number of carbonyl (C=O) groups excluding carboxylic acids is 1. The molecule has 0 saturated heterocycles. The molecule has 0 heterocycles. The molecule has 0 radical (unpaired) electrons. The Balaban J connectivity index is 0. The molecule has 21 heavy (non-hydrogen) atoms. The number of carbonyl (C=O) groups is 1. The Hall–Kier alpha value is -1.67. The largest absolute Gasteiger partial charge is 0.380 e. The van der Waals surface area contributed by atoms with E-state index in [4.69, 9.17) is 0 Å². The third-order valence-electron chi connectivity index (χ3n) is 2.60. The van der Waals surface area contributed by atoms with Crippen molar-refractivity contribution < 1.29 is 9.90 Å². The Kier molecular flexibility index (Phi) is 15.2. The first-order chi connectivity index (χ1) is 10.2. The van der Waals surface area contributed by atoms with Gasteiger partial charge in [0.2, 0.25) is 0 Å². The zero-order chi connectivity index (χ0) is 16.7. The van der Waals surface area contributed by atoms with Gasteiger partial charge >= 0.3 is 0 Å². The fourth-order valence-corrected chi connectivity index (χ4v) is 1.64. The van der Waals surface area contributed by atoms with E-state index in [2.05, 4.69) is 6.58 Å². The van der Waals surface area contributed by atoms with Gasteiger partial charge in [0.05, 0.1) is 0 Å². The van der Waals surface area contributed by atoms with Crippen molar-refractivity contribution in [2.75, 3.05) is 0 Å². The van der Waals surface area contributed by atoms with Crippen LogP contribution in [0.4, 0.5) is 0 Å². The molecular formula is C19H30O2. The lowest BCUT2D eigenvalue weighted by Crippen LogP contribution is -2.23. The molecule has 0 bridgehead atoms. The normalized spacial score (nSPS) is 15.1. The Bertz CT molecular complexity index is 409. The lowest BCUT2D eigenvalue weighted by atomic mass is 9.95. The maximum absolute atomic E-state index is 12.0. The van der Waals surface area contributed by atoms with Crippen LogP contribution in [-0.2, 0) is 4.79 Å². The second-order valence-electron chi connectivity index (χ2n) is 3.79. The van der Waals surface area contributed by atoms with Gasteiger partial charge in [0.15, 0.2) is 5.78 Å². The molecule has 118 valence electrons. The van der Waals surface area contributed by atoms with Crippen molar-refractivity contribution in [1.82, 2.24) is 0 Å². The van der Waals surface area contributed by atoms with Crippen molar-refractivity contribution >= 4 is 5.78 Å². The third-order valence-corrected chi connectivity index (χ3v) is 2.60. The minimum atomic E-state index is -1.06. The first kappa shape index (κ1) is 21.6. The lowest BCUT2D eigenvalue weighted by molar-refractivity contribution is -0.121. The van der Waals surface area contributed by atoms with E-state index in [1.165, 1.54) is 0 Å². The van der Waals surface area contributed by atoms with Gasteiger partial charge in [0.25, 0.3) is 0 Å². The van der Waals surface area contributed by atoms with Crippen LogP contribution < -0.4 is 0 Å². The van der Waals surface area contributed by atoms with E-state index in [9.17, 15) is 9.90 Å². The average molecular weight is 290 g/mol. The highest BCUT2D eigenvalue weighted by molar-refractivity contribution is 6.03. The predicted octanol–water partition coefficient (Wildman–Crippen LogP) is 4.93. The fourth-order valence-electron chi connectivity index (χ4n) is 1.64. The molecule has 1 rings (SSSR count). The van der Waals surface area contributed by atoms with Crippen LogP contribution in [-0.4, -0.2) is 17.0 Å². The van der Waals surface area contributed by atoms with Crippen LogP contribution in [0.1, 0.15) is 47.5 Å². The second-order valence-corrected chi connectivity index (χ2v) is 3.79. The Morgan fingerprint density at radius 2 is 1.90 bits per heavy atom. The first-order valence-corrected chi connectivity index (χ1v) is 7.75. The quantitative estimate of drug-likeness (QED) is 0.575. The standard InChI is InChI=1S/C15H18O2.2C2H6/c1-3-5-9-12(4-2)14(16)15(17)13-10-7-6-8-11-13;2*1-2/h3-5,7,9-11,15,17H,1,6,8H2,2H3;2*1-2H3/b9-5-,12-4+;;. The van der Waals surface area contributed by atoms with E-state index in [0.29, 0.717) is 11.1 Å². The number of allylic oxidation sites excluding steroid dienone is 6. The van der Waals surface area contributed by atoms with Crippen LogP contribution in [0.25, 0.3) is 0 Å². The number of Topliss-reactive ketones (excluding diaryl/α,β-unsaturated/α-hetero) is 1. The van der Waals surface area contributed by atoms with Gasteiger partial charge in [0, 0.05) is 5.57 Å². The predicted molar refractivity (Wildman–Crippen MR) is 93.3 cm³/mol. The van der Waals surface area contributed by atoms with Crippen LogP contribution in [0.2, 0.25) is 0 Å². The summed E-state index contributed by atoms with van der Waals surface area (Å²) in [4.78, 5) is 12.0. The minimum absolute atomic E-state index is 0.275. The van der Waals surface area contributed by atoms with Crippen LogP contribution >= 0.6 is 0 Å². The van der Waals surface area contributed by atoms with Crippen LogP contribution in [0.15, 0.2) is 60.3 Å². The molecule has 1 aliphatic rings. The van der Waals surface area contributed by atoms with Crippen LogP contribution in [0.3, 0.4) is 0 Å². The van der Waals surface area contributed by atoms with Gasteiger partial charge in [-0.3, -0.25) is 4.79 Å². The summed E-state index contributed by atoms with van der Waals surface area (Å²) in [5.41, 5.74) is 1.19. The number of hydrogen-bond donors (Lipinski definition) is 1. The summed E-state index contributed by atoms with van der Waals surface area (Å²) >= 11 is 0. The van der Waals surface area contributed by atoms with E-state index < -0.39 is 6.10 Å². The summed E-state index contributed by atoms with van der Waals surface area (Å²) in [6.45, 7) is 13.3. The number of hydrogen-bond acceptors (Lipinski definition) is 2. The van der Waals surface area contributed by atoms with Crippen molar-refractivity contribution in [3.05, 3.63) is 60.3 Å². The van der Waals surface area contributed by atoms with Crippen molar-refractivity contribution in [1.29, 1.82) is 0 Å². The van der Waals surface area contributed by atoms with Crippen molar-refractivity contribution in [2.45, 2.75) is 53.6 Å². The first-order valence-electron chi connectivity index (χ1n) is 7.75. The molecule has 0 aromatic carbocycles. The van der Waals surface area contributed by atoms with Gasteiger partial charge in [-0.05, 0) is 25.3 Å². The van der Waals surface area contributed by atoms with Gasteiger partial charge in [-0.25, -0.2) is 0 Å². The van der Waals surface area contributed by atoms with Gasteiger partial charge in [-0.15, -0.1) is 0 Å². The van der Waals surface area contributed by atoms with E-state index in [-0.39, 0.29) is 5.78 Å². The average Bonchev–Trinajstić information content (AvgIpc) is 2.59. The van der Waals surface area contributed by atoms with Gasteiger partial charge in [0.1, 0.15) is 6.10 Å². The zero-order valence-corrected chi connectivity index (χ0v) is 14.1. The molecule has 2 heteroatoms. The molecule has 0 fully saturated rings. The Morgan fingerprint density at radius 1 is 1.29 bits per heavy atom. The molecule has 1 atom stereocenters. The van der Waals surface area contributed by atoms with Crippen LogP contribution in [0.5, 0.6) is 0 Å². The summed E-state index contributed by atoms with van der Waals surface area (Å²) in [6, 6.07) is 0. The van der Waals surface area contributed by atoms with Gasteiger partial charge < -0.3 is 5.11 Å². The maximum Gasteiger partial charge on any atom is 0.195 e. The fraction of sp³-hybridized carbons (Fsp3) is 0.421. The number of aliphatic hydroxyl groups is 1. The molecule has 0 aliphatic heterocycles. The molecule has 0 aromatic heterocycles. The van der Waals surface area contributed by atoms with Gasteiger partial charge in [-0.2, -0.15) is 0 Å². The highest BCUT2D eigenvalue weighted by atomic mass is 16.3. The number of rotatable bonds is 5. The maximum atomic E-state index is 12.0. The smallest absolute Gasteiger partial charge is 0.195 e. The molecule has 2 nitrogen and oxygen atoms in total. The third kappa shape index (κ3) is 8.26. The summed E-state index contributed by atoms with van der Waals surface area (Å²) < 4.78 is 0. The molecule has 0 spiro atoms. The summed E-state index contributed by atoms with van der Waals surface area (Å²) in [5.74, 6) is -0.275. The Morgan fingerprint density at radius 3 is 2.33 bits per heavy atom. The lowest BCUT2D eigenvalue weighted by Gasteiger charge is -2.13. The second kappa shape index (κ2) is 14.7. The summed E-state index contributed by atoms with van der Waals surface area (Å²) in [6.07, 6.45) is 13.1. The molecule has 0 amide bonds. The molecule has 0 aromatic rings. The van der Waals surface area contributed by atoms with Crippen LogP contribution in [0, 0.1) is 0 Å². The van der Waals surface area contributed by atoms with Crippen molar-refractivity contribution in [3.8, 4) is 0 Å². The SMILES string of the molecule is C=C/C=C\C(=C/C)C(=O)C(O)C1=CCCC=C1.CC.CC. The van der Waals surface area contributed by atoms with E-state index in [0.717, 1.165) is 12.8 Å². The van der Waals surface area contributed by atoms with Crippen molar-refractivity contribution in [3.63, 3.8) is 0 Å². The molecular weight excluding hydrogens is 260 g/mol. The molecule has 1 aliphatic carbocycles. The minimum Gasteiger partial charge on any atom is -0.380 e. The zero-order valence-electron chi connectivity index (χ0n) is 14.1. The number of ketones is 1. The Labute approximate surface area is 130 Å². The van der Waals surface area contributed by atoms with Crippen molar-refractivity contribution in [2.24, 2.45) is 0 Å². The number of aliphatic hydroxyl groups excluding tert-OH is 1. The molecule has 1 N–H and O–H groups in total.